The molecule has 0 bridgehead atoms. The first-order chi connectivity index (χ1) is 12.6. The van der Waals surface area contributed by atoms with Crippen molar-refractivity contribution in [2.24, 2.45) is 5.92 Å². The second kappa shape index (κ2) is 5.13. The lowest BCUT2D eigenvalue weighted by molar-refractivity contribution is 0.0170. The van der Waals surface area contributed by atoms with Gasteiger partial charge < -0.3 is 9.84 Å². The Morgan fingerprint density at radius 2 is 1.12 bits per heavy atom. The van der Waals surface area contributed by atoms with E-state index in [4.69, 9.17) is 4.74 Å². The Hall–Kier alpha value is -3.24. The third-order valence-corrected chi connectivity index (χ3v) is 5.22. The predicted molar refractivity (Wildman–Crippen MR) is 94.5 cm³/mol. The first-order valence-corrected chi connectivity index (χ1v) is 8.39. The topological polar surface area (TPSA) is 63.6 Å². The summed E-state index contributed by atoms with van der Waals surface area (Å²) in [6.45, 7) is 0. The minimum absolute atomic E-state index is 0.359. The van der Waals surface area contributed by atoms with E-state index in [1.54, 1.807) is 72.8 Å². The molecule has 0 aromatic heterocycles. The molecule has 0 unspecified atom stereocenters. The van der Waals surface area contributed by atoms with E-state index in [0.29, 0.717) is 33.8 Å². The maximum Gasteiger partial charge on any atom is 0.178 e. The summed E-state index contributed by atoms with van der Waals surface area (Å²) in [6, 6.07) is 20.7. The number of benzene rings is 3. The molecule has 3 aromatic rings. The zero-order valence-corrected chi connectivity index (χ0v) is 13.7. The summed E-state index contributed by atoms with van der Waals surface area (Å²) < 4.78 is 5.90. The fraction of sp³-hybridized carbons (Fsp3) is 0.0909. The molecule has 26 heavy (non-hydrogen) atoms. The molecule has 3 aromatic carbocycles. The van der Waals surface area contributed by atoms with Crippen molar-refractivity contribution in [3.63, 3.8) is 0 Å². The number of ether oxygens (including phenoxy) is 1. The number of Topliss-reactive ketones (excluding diaryl/α,β-unsaturated/α-hetero) is 2. The molecule has 0 saturated heterocycles. The highest BCUT2D eigenvalue weighted by Gasteiger charge is 2.56. The van der Waals surface area contributed by atoms with Crippen molar-refractivity contribution in [1.29, 1.82) is 0 Å². The first-order valence-electron chi connectivity index (χ1n) is 8.39. The molecule has 4 heteroatoms. The van der Waals surface area contributed by atoms with E-state index >= 15 is 0 Å². The molecule has 1 N–H and O–H groups in total. The lowest BCUT2D eigenvalue weighted by Gasteiger charge is -2.38. The van der Waals surface area contributed by atoms with Crippen molar-refractivity contribution >= 4 is 11.6 Å². The molecule has 0 spiro atoms. The lowest BCUT2D eigenvalue weighted by atomic mass is 9.72. The van der Waals surface area contributed by atoms with Crippen LogP contribution in [0.25, 0.3) is 0 Å². The van der Waals surface area contributed by atoms with Gasteiger partial charge in [0, 0.05) is 22.3 Å². The van der Waals surface area contributed by atoms with Gasteiger partial charge in [-0.05, 0) is 12.1 Å². The summed E-state index contributed by atoms with van der Waals surface area (Å²) in [7, 11) is 0. The number of rotatable bonds is 1. The highest BCUT2D eigenvalue weighted by molar-refractivity contribution is 6.27. The molecule has 1 heterocycles. The van der Waals surface area contributed by atoms with Crippen LogP contribution in [0, 0.1) is 5.92 Å². The van der Waals surface area contributed by atoms with E-state index in [1.807, 2.05) is 0 Å². The Morgan fingerprint density at radius 1 is 0.692 bits per heavy atom. The van der Waals surface area contributed by atoms with Gasteiger partial charge in [-0.25, -0.2) is 0 Å². The average molecular weight is 342 g/mol. The maximum atomic E-state index is 13.1. The van der Waals surface area contributed by atoms with Gasteiger partial charge in [-0.2, -0.15) is 0 Å². The summed E-state index contributed by atoms with van der Waals surface area (Å²) >= 11 is 0. The summed E-state index contributed by atoms with van der Waals surface area (Å²) in [6.07, 6.45) is 0. The van der Waals surface area contributed by atoms with Crippen LogP contribution < -0.4 is 4.74 Å². The zero-order valence-electron chi connectivity index (χ0n) is 13.7. The van der Waals surface area contributed by atoms with E-state index in [-0.39, 0.29) is 11.6 Å². The molecule has 5 rings (SSSR count). The monoisotopic (exact) mass is 342 g/mol. The van der Waals surface area contributed by atoms with Crippen LogP contribution in [0.2, 0.25) is 0 Å². The van der Waals surface area contributed by atoms with Crippen LogP contribution in [0.3, 0.4) is 0 Å². The van der Waals surface area contributed by atoms with Crippen LogP contribution in [-0.2, 0) is 5.60 Å². The van der Waals surface area contributed by atoms with Crippen molar-refractivity contribution in [2.45, 2.75) is 5.60 Å². The Balaban J connectivity index is 1.80. The summed E-state index contributed by atoms with van der Waals surface area (Å²) in [5, 5.41) is 11.9. The van der Waals surface area contributed by atoms with E-state index in [1.165, 1.54) is 0 Å². The molecule has 0 fully saturated rings. The van der Waals surface area contributed by atoms with Gasteiger partial charge in [-0.1, -0.05) is 60.7 Å². The number of fused-ring (bicyclic) bond motifs is 3. The van der Waals surface area contributed by atoms with Gasteiger partial charge in [0.05, 0.1) is 0 Å². The number of hydrogen-bond acceptors (Lipinski definition) is 4. The molecular weight excluding hydrogens is 328 g/mol. The van der Waals surface area contributed by atoms with E-state index in [9.17, 15) is 14.7 Å². The summed E-state index contributed by atoms with van der Waals surface area (Å²) in [5.41, 5.74) is -0.204. The van der Waals surface area contributed by atoms with Gasteiger partial charge >= 0.3 is 0 Å². The maximum absolute atomic E-state index is 13.1. The molecule has 2 aliphatic rings. The Bertz CT molecular complexity index is 1000. The van der Waals surface area contributed by atoms with Crippen molar-refractivity contribution in [1.82, 2.24) is 0 Å². The Kier molecular flexibility index (Phi) is 2.97. The van der Waals surface area contributed by atoms with Crippen LogP contribution in [0.5, 0.6) is 11.5 Å². The second-order valence-corrected chi connectivity index (χ2v) is 6.57. The largest absolute Gasteiger partial charge is 0.457 e. The van der Waals surface area contributed by atoms with Gasteiger partial charge in [0.1, 0.15) is 23.0 Å². The number of carbonyl (C=O) groups excluding carboxylic acids is 2. The van der Waals surface area contributed by atoms with Crippen LogP contribution in [-0.4, -0.2) is 16.7 Å². The molecule has 0 atom stereocenters. The quantitative estimate of drug-likeness (QED) is 0.685. The molecular formula is C22H14O4. The Labute approximate surface area is 149 Å². The normalized spacial score (nSPS) is 17.3. The van der Waals surface area contributed by atoms with Gasteiger partial charge in [0.15, 0.2) is 11.6 Å². The highest BCUT2D eigenvalue weighted by Crippen LogP contribution is 2.52. The third kappa shape index (κ3) is 1.77. The molecule has 0 amide bonds. The molecule has 0 radical (unpaired) electrons. The first kappa shape index (κ1) is 15.0. The van der Waals surface area contributed by atoms with Crippen molar-refractivity contribution < 1.29 is 19.4 Å². The molecule has 4 nitrogen and oxygen atoms in total. The van der Waals surface area contributed by atoms with Gasteiger partial charge in [0.25, 0.3) is 0 Å². The van der Waals surface area contributed by atoms with Crippen LogP contribution in [0.4, 0.5) is 0 Å². The van der Waals surface area contributed by atoms with Crippen molar-refractivity contribution in [3.05, 3.63) is 95.1 Å². The number of hydrogen-bond donors (Lipinski definition) is 1. The third-order valence-electron chi connectivity index (χ3n) is 5.22. The zero-order chi connectivity index (χ0) is 17.9. The van der Waals surface area contributed by atoms with Crippen molar-refractivity contribution in [3.8, 4) is 11.5 Å². The summed E-state index contributed by atoms with van der Waals surface area (Å²) in [4.78, 5) is 26.2. The van der Waals surface area contributed by atoms with Gasteiger partial charge in [-0.3, -0.25) is 9.59 Å². The summed E-state index contributed by atoms with van der Waals surface area (Å²) in [5.74, 6) is -1.05. The average Bonchev–Trinajstić information content (AvgIpc) is 2.93. The predicted octanol–water partition coefficient (Wildman–Crippen LogP) is 3.72. The standard InChI is InChI=1S/C22H14O4/c23-20-13-7-1-2-8-14(13)21(24)19(20)22(25)15-9-3-5-11-17(15)26-18-12-6-4-10-16(18)22/h1-12,19,25H. The number of carbonyl (C=O) groups is 2. The van der Waals surface area contributed by atoms with Gasteiger partial charge in [0.2, 0.25) is 0 Å². The van der Waals surface area contributed by atoms with Crippen molar-refractivity contribution in [2.75, 3.05) is 0 Å². The minimum Gasteiger partial charge on any atom is -0.457 e. The van der Waals surface area contributed by atoms with E-state index < -0.39 is 11.5 Å². The number of ketones is 2. The molecule has 1 aliphatic heterocycles. The van der Waals surface area contributed by atoms with Gasteiger partial charge in [-0.15, -0.1) is 0 Å². The molecule has 1 aliphatic carbocycles. The Morgan fingerprint density at radius 3 is 1.62 bits per heavy atom. The second-order valence-electron chi connectivity index (χ2n) is 6.57. The number of para-hydroxylation sites is 2. The molecule has 126 valence electrons. The van der Waals surface area contributed by atoms with Crippen LogP contribution >= 0.6 is 0 Å². The highest BCUT2D eigenvalue weighted by atomic mass is 16.5. The number of aliphatic hydroxyl groups is 1. The lowest BCUT2D eigenvalue weighted by Crippen LogP contribution is -2.44. The smallest absolute Gasteiger partial charge is 0.178 e. The SMILES string of the molecule is O=C1c2ccccc2C(=O)C1C1(O)c2ccccc2Oc2ccccc21. The molecule has 0 saturated carbocycles. The fourth-order valence-corrected chi connectivity index (χ4v) is 4.04. The van der Waals surface area contributed by atoms with Crippen LogP contribution in [0.1, 0.15) is 31.8 Å². The minimum atomic E-state index is -1.78. The van der Waals surface area contributed by atoms with Crippen LogP contribution in [0.15, 0.2) is 72.8 Å². The van der Waals surface area contributed by atoms with E-state index in [2.05, 4.69) is 0 Å². The fourth-order valence-electron chi connectivity index (χ4n) is 4.04. The van der Waals surface area contributed by atoms with E-state index in [0.717, 1.165) is 0 Å².